The molecule has 0 aromatic carbocycles. The summed E-state index contributed by atoms with van der Waals surface area (Å²) in [5, 5.41) is 9.44. The molecule has 1 heterocycles. The maximum atomic E-state index is 9.44. The summed E-state index contributed by atoms with van der Waals surface area (Å²) in [5.41, 5.74) is 8.70. The molecule has 0 aliphatic heterocycles. The third kappa shape index (κ3) is 2.94. The van der Waals surface area contributed by atoms with Gasteiger partial charge < -0.3 is 10.6 Å². The van der Waals surface area contributed by atoms with Crippen LogP contribution in [0.5, 0.6) is 0 Å². The molecule has 0 atom stereocenters. The largest absolute Gasteiger partial charge is 0.353 e. The Morgan fingerprint density at radius 2 is 2.00 bits per heavy atom. The van der Waals surface area contributed by atoms with E-state index < -0.39 is 0 Å². The van der Waals surface area contributed by atoms with Crippen LogP contribution in [0.4, 0.5) is 5.82 Å². The predicted octanol–water partition coefficient (Wildman–Crippen LogP) is 2.67. The van der Waals surface area contributed by atoms with Gasteiger partial charge in [0.25, 0.3) is 0 Å². The van der Waals surface area contributed by atoms with Crippen LogP contribution in [0.15, 0.2) is 6.07 Å². The molecule has 0 amide bonds. The van der Waals surface area contributed by atoms with Crippen LogP contribution in [0, 0.1) is 25.2 Å². The van der Waals surface area contributed by atoms with Crippen LogP contribution in [0.2, 0.25) is 0 Å². The van der Waals surface area contributed by atoms with Crippen LogP contribution in [-0.2, 0) is 0 Å². The fourth-order valence-electron chi connectivity index (χ4n) is 3.16. The number of hydrogen-bond donors (Lipinski definition) is 1. The van der Waals surface area contributed by atoms with Crippen molar-refractivity contribution in [1.29, 1.82) is 5.26 Å². The van der Waals surface area contributed by atoms with Gasteiger partial charge in [0.1, 0.15) is 11.9 Å². The van der Waals surface area contributed by atoms with Crippen molar-refractivity contribution in [2.45, 2.75) is 58.5 Å². The first-order valence-corrected chi connectivity index (χ1v) is 7.47. The second kappa shape index (κ2) is 6.23. The first kappa shape index (κ1) is 14.8. The monoisotopic (exact) mass is 272 g/mol. The molecule has 0 unspecified atom stereocenters. The lowest BCUT2D eigenvalue weighted by atomic mass is 9.90. The normalized spacial score (nSPS) is 22.4. The van der Waals surface area contributed by atoms with E-state index in [0.717, 1.165) is 49.3 Å². The van der Waals surface area contributed by atoms with E-state index >= 15 is 0 Å². The number of nitriles is 1. The molecular weight excluding hydrogens is 248 g/mol. The third-order valence-corrected chi connectivity index (χ3v) is 4.23. The Hall–Kier alpha value is -1.60. The molecule has 0 bridgehead atoms. The summed E-state index contributed by atoms with van der Waals surface area (Å²) in [7, 11) is 0. The average molecular weight is 272 g/mol. The van der Waals surface area contributed by atoms with Crippen molar-refractivity contribution in [3.8, 4) is 6.07 Å². The van der Waals surface area contributed by atoms with E-state index in [-0.39, 0.29) is 0 Å². The molecule has 1 saturated carbocycles. The quantitative estimate of drug-likeness (QED) is 0.918. The molecule has 0 radical (unpaired) electrons. The number of rotatable bonds is 3. The lowest BCUT2D eigenvalue weighted by Crippen LogP contribution is -2.41. The van der Waals surface area contributed by atoms with Gasteiger partial charge in [0.2, 0.25) is 0 Å². The van der Waals surface area contributed by atoms with Gasteiger partial charge in [0.05, 0.1) is 5.56 Å². The molecule has 1 fully saturated rings. The van der Waals surface area contributed by atoms with Gasteiger partial charge in [-0.2, -0.15) is 5.26 Å². The fourth-order valence-corrected chi connectivity index (χ4v) is 3.16. The molecule has 1 aromatic rings. The van der Waals surface area contributed by atoms with E-state index in [4.69, 9.17) is 5.73 Å². The maximum absolute atomic E-state index is 9.44. The second-order valence-corrected chi connectivity index (χ2v) is 5.75. The molecule has 4 nitrogen and oxygen atoms in total. The molecule has 1 aliphatic carbocycles. The van der Waals surface area contributed by atoms with Crippen molar-refractivity contribution in [2.24, 2.45) is 5.73 Å². The van der Waals surface area contributed by atoms with Crippen molar-refractivity contribution in [3.05, 3.63) is 22.9 Å². The van der Waals surface area contributed by atoms with E-state index in [1.165, 1.54) is 0 Å². The molecule has 108 valence electrons. The summed E-state index contributed by atoms with van der Waals surface area (Å²) >= 11 is 0. The van der Waals surface area contributed by atoms with Crippen molar-refractivity contribution in [1.82, 2.24) is 4.98 Å². The number of aryl methyl sites for hydroxylation is 2. The minimum atomic E-state index is 0.340. The summed E-state index contributed by atoms with van der Waals surface area (Å²) in [5.74, 6) is 0.855. The summed E-state index contributed by atoms with van der Waals surface area (Å²) in [6.45, 7) is 6.99. The first-order valence-electron chi connectivity index (χ1n) is 7.47. The molecule has 1 aromatic heterocycles. The molecule has 1 aliphatic rings. The number of anilines is 1. The van der Waals surface area contributed by atoms with Crippen LogP contribution < -0.4 is 10.6 Å². The lowest BCUT2D eigenvalue weighted by molar-refractivity contribution is 0.376. The Kier molecular flexibility index (Phi) is 4.61. The third-order valence-electron chi connectivity index (χ3n) is 4.23. The van der Waals surface area contributed by atoms with E-state index in [1.54, 1.807) is 0 Å². The Morgan fingerprint density at radius 1 is 1.35 bits per heavy atom. The highest BCUT2D eigenvalue weighted by molar-refractivity contribution is 5.58. The standard InChI is InChI=1S/C16H24N4/c1-4-20(14-7-5-13(18)6-8-14)16-15(10-17)11(2)9-12(3)19-16/h9,13-14H,4-8,18H2,1-3H3. The topological polar surface area (TPSA) is 65.9 Å². The highest BCUT2D eigenvalue weighted by Gasteiger charge is 2.26. The minimum absolute atomic E-state index is 0.340. The van der Waals surface area contributed by atoms with Crippen LogP contribution >= 0.6 is 0 Å². The SMILES string of the molecule is CCN(c1nc(C)cc(C)c1C#N)C1CCC(N)CC1. The van der Waals surface area contributed by atoms with E-state index in [0.29, 0.717) is 17.6 Å². The van der Waals surface area contributed by atoms with Gasteiger partial charge in [-0.15, -0.1) is 0 Å². The zero-order chi connectivity index (χ0) is 14.7. The Morgan fingerprint density at radius 3 is 2.55 bits per heavy atom. The summed E-state index contributed by atoms with van der Waals surface area (Å²) in [6.07, 6.45) is 4.31. The Balaban J connectivity index is 2.34. The van der Waals surface area contributed by atoms with Crippen molar-refractivity contribution in [2.75, 3.05) is 11.4 Å². The van der Waals surface area contributed by atoms with Crippen LogP contribution in [0.25, 0.3) is 0 Å². The smallest absolute Gasteiger partial charge is 0.147 e. The van der Waals surface area contributed by atoms with Crippen molar-refractivity contribution in [3.63, 3.8) is 0 Å². The molecule has 0 saturated heterocycles. The molecular formula is C16H24N4. The number of pyridine rings is 1. The Bertz CT molecular complexity index is 510. The average Bonchev–Trinajstić information content (AvgIpc) is 2.41. The first-order chi connectivity index (χ1) is 9.56. The van der Waals surface area contributed by atoms with Gasteiger partial charge in [-0.3, -0.25) is 0 Å². The maximum Gasteiger partial charge on any atom is 0.147 e. The van der Waals surface area contributed by atoms with Crippen LogP contribution in [0.1, 0.15) is 49.4 Å². The summed E-state index contributed by atoms with van der Waals surface area (Å²) in [6, 6.07) is 5.10. The van der Waals surface area contributed by atoms with Crippen molar-refractivity contribution < 1.29 is 0 Å². The van der Waals surface area contributed by atoms with E-state index in [1.807, 2.05) is 19.9 Å². The van der Waals surface area contributed by atoms with Gasteiger partial charge >= 0.3 is 0 Å². The van der Waals surface area contributed by atoms with E-state index in [9.17, 15) is 5.26 Å². The van der Waals surface area contributed by atoms with Gasteiger partial charge in [0, 0.05) is 24.3 Å². The zero-order valence-electron chi connectivity index (χ0n) is 12.7. The van der Waals surface area contributed by atoms with Gasteiger partial charge in [-0.05, 0) is 58.1 Å². The molecule has 4 heteroatoms. The summed E-state index contributed by atoms with van der Waals surface area (Å²) < 4.78 is 0. The number of nitrogens with zero attached hydrogens (tertiary/aromatic N) is 3. The zero-order valence-corrected chi connectivity index (χ0v) is 12.7. The minimum Gasteiger partial charge on any atom is -0.353 e. The van der Waals surface area contributed by atoms with Crippen LogP contribution in [-0.4, -0.2) is 23.6 Å². The summed E-state index contributed by atoms with van der Waals surface area (Å²) in [4.78, 5) is 6.94. The molecule has 2 N–H and O–H groups in total. The number of nitrogens with two attached hydrogens (primary N) is 1. The van der Waals surface area contributed by atoms with Crippen molar-refractivity contribution >= 4 is 5.82 Å². The Labute approximate surface area is 121 Å². The lowest BCUT2D eigenvalue weighted by Gasteiger charge is -2.37. The predicted molar refractivity (Wildman–Crippen MR) is 81.7 cm³/mol. The molecule has 2 rings (SSSR count). The van der Waals surface area contributed by atoms with Gasteiger partial charge in [-0.1, -0.05) is 0 Å². The van der Waals surface area contributed by atoms with Gasteiger partial charge in [-0.25, -0.2) is 4.98 Å². The van der Waals surface area contributed by atoms with Crippen LogP contribution in [0.3, 0.4) is 0 Å². The highest BCUT2D eigenvalue weighted by Crippen LogP contribution is 2.29. The molecule has 0 spiro atoms. The number of hydrogen-bond acceptors (Lipinski definition) is 4. The number of aromatic nitrogens is 1. The fraction of sp³-hybridized carbons (Fsp3) is 0.625. The van der Waals surface area contributed by atoms with Gasteiger partial charge in [0.15, 0.2) is 0 Å². The molecule has 20 heavy (non-hydrogen) atoms. The second-order valence-electron chi connectivity index (χ2n) is 5.75. The van der Waals surface area contributed by atoms with E-state index in [2.05, 4.69) is 22.9 Å². The highest BCUT2D eigenvalue weighted by atomic mass is 15.2.